The van der Waals surface area contributed by atoms with Gasteiger partial charge in [0.1, 0.15) is 6.10 Å². The molecule has 7 heteroatoms. The highest BCUT2D eigenvalue weighted by Crippen LogP contribution is 2.37. The summed E-state index contributed by atoms with van der Waals surface area (Å²) in [5.41, 5.74) is 0.998. The number of nitrogens with zero attached hydrogens (tertiary/aromatic N) is 1. The van der Waals surface area contributed by atoms with Crippen LogP contribution >= 0.6 is 22.9 Å². The standard InChI is InChI=1S/C17H19ClN2O3S/c1-3-12-9-24-17(19-12)20-16(21)10-6-13(7-10)23-15-8-11(18)4-5-14(15)22-2/h4-5,8-10,13H,3,6-7H2,1-2H3,(H,19,20,21). The molecule has 0 atom stereocenters. The largest absolute Gasteiger partial charge is 0.493 e. The summed E-state index contributed by atoms with van der Waals surface area (Å²) in [6, 6.07) is 5.26. The van der Waals surface area contributed by atoms with Crippen molar-refractivity contribution >= 4 is 34.0 Å². The molecule has 1 aliphatic rings. The molecule has 5 nitrogen and oxygen atoms in total. The third-order valence-corrected chi connectivity index (χ3v) is 5.07. The first kappa shape index (κ1) is 17.0. The fraction of sp³-hybridized carbons (Fsp3) is 0.412. The number of benzene rings is 1. The first-order valence-corrected chi connectivity index (χ1v) is 9.10. The van der Waals surface area contributed by atoms with E-state index in [-0.39, 0.29) is 17.9 Å². The van der Waals surface area contributed by atoms with Gasteiger partial charge in [-0.15, -0.1) is 11.3 Å². The third-order valence-electron chi connectivity index (χ3n) is 4.03. The second-order valence-corrected chi connectivity index (χ2v) is 6.98. The summed E-state index contributed by atoms with van der Waals surface area (Å²) in [6.07, 6.45) is 2.21. The molecule has 1 heterocycles. The summed E-state index contributed by atoms with van der Waals surface area (Å²) in [7, 11) is 1.59. The van der Waals surface area contributed by atoms with Crippen LogP contribution in [-0.4, -0.2) is 24.1 Å². The molecule has 1 saturated carbocycles. The molecular formula is C17H19ClN2O3S. The van der Waals surface area contributed by atoms with E-state index in [4.69, 9.17) is 21.1 Å². The van der Waals surface area contributed by atoms with Crippen molar-refractivity contribution in [3.05, 3.63) is 34.3 Å². The van der Waals surface area contributed by atoms with E-state index in [1.165, 1.54) is 11.3 Å². The van der Waals surface area contributed by atoms with Gasteiger partial charge in [0.25, 0.3) is 0 Å². The van der Waals surface area contributed by atoms with E-state index in [1.807, 2.05) is 12.3 Å². The van der Waals surface area contributed by atoms with Crippen LogP contribution in [0, 0.1) is 5.92 Å². The molecule has 0 spiro atoms. The van der Waals surface area contributed by atoms with Crippen molar-refractivity contribution in [1.29, 1.82) is 0 Å². The molecule has 24 heavy (non-hydrogen) atoms. The number of rotatable bonds is 6. The Bertz CT molecular complexity index is 728. The van der Waals surface area contributed by atoms with Crippen LogP contribution in [0.3, 0.4) is 0 Å². The molecule has 1 fully saturated rings. The van der Waals surface area contributed by atoms with E-state index >= 15 is 0 Å². The molecule has 1 aliphatic carbocycles. The first-order valence-electron chi connectivity index (χ1n) is 7.84. The minimum absolute atomic E-state index is 0.00406. The van der Waals surface area contributed by atoms with Gasteiger partial charge in [0.2, 0.25) is 5.91 Å². The number of carbonyl (C=O) groups excluding carboxylic acids is 1. The molecule has 1 aromatic carbocycles. The van der Waals surface area contributed by atoms with E-state index in [2.05, 4.69) is 10.3 Å². The van der Waals surface area contributed by atoms with Gasteiger partial charge in [-0.1, -0.05) is 18.5 Å². The molecular weight excluding hydrogens is 348 g/mol. The number of anilines is 1. The van der Waals surface area contributed by atoms with Crippen LogP contribution in [0.15, 0.2) is 23.6 Å². The highest BCUT2D eigenvalue weighted by molar-refractivity contribution is 7.13. The molecule has 1 aromatic heterocycles. The Morgan fingerprint density at radius 2 is 2.21 bits per heavy atom. The van der Waals surface area contributed by atoms with Crippen LogP contribution in [0.1, 0.15) is 25.5 Å². The fourth-order valence-corrected chi connectivity index (χ4v) is 3.49. The van der Waals surface area contributed by atoms with Gasteiger partial charge in [0, 0.05) is 22.4 Å². The molecule has 0 aliphatic heterocycles. The highest BCUT2D eigenvalue weighted by Gasteiger charge is 2.36. The van der Waals surface area contributed by atoms with Crippen LogP contribution in [-0.2, 0) is 11.2 Å². The summed E-state index contributed by atoms with van der Waals surface area (Å²) >= 11 is 7.46. The SMILES string of the molecule is CCc1csc(NC(=O)C2CC(Oc3cc(Cl)ccc3OC)C2)n1. The molecule has 1 N–H and O–H groups in total. The Morgan fingerprint density at radius 3 is 2.88 bits per heavy atom. The van der Waals surface area contributed by atoms with Crippen LogP contribution in [0.5, 0.6) is 11.5 Å². The smallest absolute Gasteiger partial charge is 0.229 e. The first-order chi connectivity index (χ1) is 11.6. The van der Waals surface area contributed by atoms with Crippen molar-refractivity contribution in [1.82, 2.24) is 4.98 Å². The van der Waals surface area contributed by atoms with Crippen molar-refractivity contribution in [3.8, 4) is 11.5 Å². The maximum Gasteiger partial charge on any atom is 0.229 e. The number of methoxy groups -OCH3 is 1. The molecule has 0 unspecified atom stereocenters. The molecule has 0 bridgehead atoms. The Labute approximate surface area is 150 Å². The Morgan fingerprint density at radius 1 is 1.42 bits per heavy atom. The average Bonchev–Trinajstić information content (AvgIpc) is 2.98. The third kappa shape index (κ3) is 3.82. The number of amides is 1. The lowest BCUT2D eigenvalue weighted by Crippen LogP contribution is -2.40. The summed E-state index contributed by atoms with van der Waals surface area (Å²) in [6.45, 7) is 2.04. The van der Waals surface area contributed by atoms with Gasteiger partial charge in [-0.2, -0.15) is 0 Å². The normalized spacial score (nSPS) is 19.5. The molecule has 0 radical (unpaired) electrons. The minimum atomic E-state index is -0.0471. The van der Waals surface area contributed by atoms with E-state index in [0.29, 0.717) is 34.5 Å². The van der Waals surface area contributed by atoms with Crippen molar-refractivity contribution in [2.75, 3.05) is 12.4 Å². The lowest BCUT2D eigenvalue weighted by Gasteiger charge is -2.34. The lowest BCUT2D eigenvalue weighted by molar-refractivity contribution is -0.125. The van der Waals surface area contributed by atoms with Crippen LogP contribution in [0.4, 0.5) is 5.13 Å². The van der Waals surface area contributed by atoms with Crippen molar-refractivity contribution in [2.24, 2.45) is 5.92 Å². The molecule has 0 saturated heterocycles. The van der Waals surface area contributed by atoms with E-state index < -0.39 is 0 Å². The van der Waals surface area contributed by atoms with Gasteiger partial charge < -0.3 is 14.8 Å². The van der Waals surface area contributed by atoms with E-state index in [9.17, 15) is 4.79 Å². The van der Waals surface area contributed by atoms with Gasteiger partial charge in [-0.05, 0) is 31.4 Å². The second-order valence-electron chi connectivity index (χ2n) is 5.69. The summed E-state index contributed by atoms with van der Waals surface area (Å²) < 4.78 is 11.2. The number of aryl methyl sites for hydroxylation is 1. The lowest BCUT2D eigenvalue weighted by atomic mass is 9.81. The number of hydrogen-bond acceptors (Lipinski definition) is 5. The summed E-state index contributed by atoms with van der Waals surface area (Å²) in [5.74, 6) is 1.21. The zero-order chi connectivity index (χ0) is 17.1. The van der Waals surface area contributed by atoms with Gasteiger partial charge in [0.05, 0.1) is 12.8 Å². The predicted octanol–water partition coefficient (Wildman–Crippen LogP) is 4.16. The molecule has 128 valence electrons. The predicted molar refractivity (Wildman–Crippen MR) is 95.3 cm³/mol. The topological polar surface area (TPSA) is 60.5 Å². The zero-order valence-electron chi connectivity index (χ0n) is 13.5. The quantitative estimate of drug-likeness (QED) is 0.833. The van der Waals surface area contributed by atoms with E-state index in [1.54, 1.807) is 25.3 Å². The van der Waals surface area contributed by atoms with Crippen LogP contribution in [0.25, 0.3) is 0 Å². The number of ether oxygens (including phenoxy) is 2. The van der Waals surface area contributed by atoms with Crippen molar-refractivity contribution < 1.29 is 14.3 Å². The van der Waals surface area contributed by atoms with E-state index in [0.717, 1.165) is 12.1 Å². The average molecular weight is 367 g/mol. The Hall–Kier alpha value is -1.79. The number of hydrogen-bond donors (Lipinski definition) is 1. The maximum absolute atomic E-state index is 12.2. The number of aromatic nitrogens is 1. The Balaban J connectivity index is 1.52. The maximum atomic E-state index is 12.2. The molecule has 3 rings (SSSR count). The van der Waals surface area contributed by atoms with Crippen LogP contribution in [0.2, 0.25) is 5.02 Å². The summed E-state index contributed by atoms with van der Waals surface area (Å²) in [4.78, 5) is 16.6. The molecule has 2 aromatic rings. The van der Waals surface area contributed by atoms with Gasteiger partial charge in [-0.25, -0.2) is 4.98 Å². The monoisotopic (exact) mass is 366 g/mol. The molecule has 1 amide bonds. The van der Waals surface area contributed by atoms with Gasteiger partial charge >= 0.3 is 0 Å². The van der Waals surface area contributed by atoms with Gasteiger partial charge in [0.15, 0.2) is 16.6 Å². The second kappa shape index (κ2) is 7.40. The number of thiazole rings is 1. The number of nitrogens with one attached hydrogen (secondary N) is 1. The van der Waals surface area contributed by atoms with Crippen molar-refractivity contribution in [3.63, 3.8) is 0 Å². The van der Waals surface area contributed by atoms with Crippen molar-refractivity contribution in [2.45, 2.75) is 32.3 Å². The summed E-state index contributed by atoms with van der Waals surface area (Å²) in [5, 5.41) is 6.10. The fourth-order valence-electron chi connectivity index (χ4n) is 2.53. The van der Waals surface area contributed by atoms with Crippen LogP contribution < -0.4 is 14.8 Å². The number of carbonyl (C=O) groups is 1. The van der Waals surface area contributed by atoms with Gasteiger partial charge in [-0.3, -0.25) is 4.79 Å². The number of halogens is 1. The minimum Gasteiger partial charge on any atom is -0.493 e. The highest BCUT2D eigenvalue weighted by atomic mass is 35.5. The Kier molecular flexibility index (Phi) is 5.26. The zero-order valence-corrected chi connectivity index (χ0v) is 15.1.